The van der Waals surface area contributed by atoms with Gasteiger partial charge in [-0.05, 0) is 24.9 Å². The van der Waals surface area contributed by atoms with Gasteiger partial charge in [-0.3, -0.25) is 4.79 Å². The molecule has 8 heteroatoms. The SMILES string of the molecule is CCc1nnsc1C(=O)NCC(C)(O)C(=O)O. The molecule has 0 aliphatic heterocycles. The van der Waals surface area contributed by atoms with E-state index in [4.69, 9.17) is 5.11 Å². The Labute approximate surface area is 102 Å². The highest BCUT2D eigenvalue weighted by Gasteiger charge is 2.30. The van der Waals surface area contributed by atoms with Crippen LogP contribution in [0.2, 0.25) is 0 Å². The highest BCUT2D eigenvalue weighted by Crippen LogP contribution is 2.11. The summed E-state index contributed by atoms with van der Waals surface area (Å²) < 4.78 is 3.65. The molecule has 7 nitrogen and oxygen atoms in total. The fourth-order valence-electron chi connectivity index (χ4n) is 1.02. The second kappa shape index (κ2) is 5.19. The van der Waals surface area contributed by atoms with Crippen molar-refractivity contribution < 1.29 is 19.8 Å². The number of aromatic nitrogens is 2. The molecule has 1 aromatic heterocycles. The molecule has 1 rings (SSSR count). The van der Waals surface area contributed by atoms with Gasteiger partial charge in [-0.15, -0.1) is 5.10 Å². The van der Waals surface area contributed by atoms with E-state index in [1.807, 2.05) is 6.92 Å². The maximum absolute atomic E-state index is 11.7. The lowest BCUT2D eigenvalue weighted by atomic mass is 10.1. The van der Waals surface area contributed by atoms with Gasteiger partial charge in [0.15, 0.2) is 5.60 Å². The average Bonchev–Trinajstić information content (AvgIpc) is 2.73. The standard InChI is InChI=1S/C9H13N3O4S/c1-3-5-6(17-12-11-5)7(13)10-4-9(2,16)8(14)15/h16H,3-4H2,1-2H3,(H,10,13)(H,14,15). The minimum absolute atomic E-state index is 0.341. The summed E-state index contributed by atoms with van der Waals surface area (Å²) in [5.41, 5.74) is -1.43. The fraction of sp³-hybridized carbons (Fsp3) is 0.556. The van der Waals surface area contributed by atoms with Gasteiger partial charge < -0.3 is 15.5 Å². The van der Waals surface area contributed by atoms with Crippen molar-refractivity contribution in [2.45, 2.75) is 25.9 Å². The summed E-state index contributed by atoms with van der Waals surface area (Å²) in [5, 5.41) is 24.2. The molecule has 94 valence electrons. The number of carbonyl (C=O) groups is 2. The molecular formula is C9H13N3O4S. The number of nitrogens with one attached hydrogen (secondary N) is 1. The van der Waals surface area contributed by atoms with Crippen LogP contribution in [-0.4, -0.2) is 43.8 Å². The Kier molecular flexibility index (Phi) is 4.13. The topological polar surface area (TPSA) is 112 Å². The van der Waals surface area contributed by atoms with Gasteiger partial charge in [0.25, 0.3) is 5.91 Å². The molecule has 1 unspecified atom stereocenters. The van der Waals surface area contributed by atoms with Gasteiger partial charge in [-0.1, -0.05) is 11.4 Å². The summed E-state index contributed by atoms with van der Waals surface area (Å²) in [6.45, 7) is 2.57. The summed E-state index contributed by atoms with van der Waals surface area (Å²) in [7, 11) is 0. The molecule has 0 bridgehead atoms. The quantitative estimate of drug-likeness (QED) is 0.667. The van der Waals surface area contributed by atoms with Crippen molar-refractivity contribution in [3.8, 4) is 0 Å². The first kappa shape index (κ1) is 13.5. The lowest BCUT2D eigenvalue weighted by Gasteiger charge is -2.17. The molecular weight excluding hydrogens is 246 g/mol. The number of rotatable bonds is 5. The number of aliphatic carboxylic acids is 1. The normalized spacial score (nSPS) is 14.1. The summed E-state index contributed by atoms with van der Waals surface area (Å²) in [5.74, 6) is -1.87. The van der Waals surface area contributed by atoms with Gasteiger partial charge in [-0.2, -0.15) is 0 Å². The number of hydrogen-bond donors (Lipinski definition) is 3. The Hall–Kier alpha value is -1.54. The van der Waals surface area contributed by atoms with E-state index in [9.17, 15) is 14.7 Å². The van der Waals surface area contributed by atoms with E-state index in [0.29, 0.717) is 17.0 Å². The number of carbonyl (C=O) groups excluding carboxylic acids is 1. The van der Waals surface area contributed by atoms with Crippen LogP contribution in [0.5, 0.6) is 0 Å². The first-order valence-corrected chi connectivity index (χ1v) is 5.71. The minimum atomic E-state index is -1.99. The van der Waals surface area contributed by atoms with Crippen LogP contribution >= 0.6 is 11.5 Å². The Balaban J connectivity index is 2.65. The van der Waals surface area contributed by atoms with Crippen molar-refractivity contribution in [3.05, 3.63) is 10.6 Å². The van der Waals surface area contributed by atoms with Gasteiger partial charge >= 0.3 is 5.97 Å². The molecule has 0 saturated heterocycles. The molecule has 1 aromatic rings. The van der Waals surface area contributed by atoms with Crippen molar-refractivity contribution in [2.75, 3.05) is 6.54 Å². The molecule has 0 aliphatic carbocycles. The maximum Gasteiger partial charge on any atom is 0.337 e. The molecule has 1 amide bonds. The van der Waals surface area contributed by atoms with E-state index in [0.717, 1.165) is 18.5 Å². The lowest BCUT2D eigenvalue weighted by molar-refractivity contribution is -0.155. The summed E-state index contributed by atoms with van der Waals surface area (Å²) >= 11 is 0.939. The lowest BCUT2D eigenvalue weighted by Crippen LogP contribution is -2.46. The second-order valence-electron chi connectivity index (χ2n) is 3.66. The summed E-state index contributed by atoms with van der Waals surface area (Å²) in [6, 6.07) is 0. The Morgan fingerprint density at radius 1 is 1.53 bits per heavy atom. The number of aliphatic hydroxyl groups is 1. The van der Waals surface area contributed by atoms with Gasteiger partial charge in [0.05, 0.1) is 12.2 Å². The number of carboxylic acid groups (broad SMARTS) is 1. The summed E-state index contributed by atoms with van der Waals surface area (Å²) in [6.07, 6.45) is 0.564. The molecule has 1 heterocycles. The fourth-order valence-corrected chi connectivity index (χ4v) is 1.69. The van der Waals surface area contributed by atoms with E-state index >= 15 is 0 Å². The Morgan fingerprint density at radius 2 is 2.18 bits per heavy atom. The molecule has 3 N–H and O–H groups in total. The van der Waals surface area contributed by atoms with Crippen LogP contribution in [0.3, 0.4) is 0 Å². The van der Waals surface area contributed by atoms with Crippen LogP contribution in [0, 0.1) is 0 Å². The second-order valence-corrected chi connectivity index (χ2v) is 4.42. The molecule has 0 radical (unpaired) electrons. The first-order valence-electron chi connectivity index (χ1n) is 4.93. The van der Waals surface area contributed by atoms with Crippen molar-refractivity contribution in [3.63, 3.8) is 0 Å². The predicted molar refractivity (Wildman–Crippen MR) is 59.9 cm³/mol. The van der Waals surface area contributed by atoms with Gasteiger partial charge in [0, 0.05) is 0 Å². The minimum Gasteiger partial charge on any atom is -0.479 e. The molecule has 0 fully saturated rings. The highest BCUT2D eigenvalue weighted by atomic mass is 32.1. The molecule has 1 atom stereocenters. The third-order valence-electron chi connectivity index (χ3n) is 2.15. The van der Waals surface area contributed by atoms with E-state index in [1.54, 1.807) is 0 Å². The zero-order valence-electron chi connectivity index (χ0n) is 9.43. The zero-order chi connectivity index (χ0) is 13.1. The summed E-state index contributed by atoms with van der Waals surface area (Å²) in [4.78, 5) is 22.6. The Morgan fingerprint density at radius 3 is 2.71 bits per heavy atom. The van der Waals surface area contributed by atoms with Gasteiger partial charge in [0.1, 0.15) is 4.88 Å². The Bertz CT molecular complexity index is 430. The van der Waals surface area contributed by atoms with Crippen molar-refractivity contribution >= 4 is 23.4 Å². The number of aryl methyl sites for hydroxylation is 1. The number of carboxylic acids is 1. The number of hydrogen-bond acceptors (Lipinski definition) is 6. The van der Waals surface area contributed by atoms with E-state index in [2.05, 4.69) is 14.9 Å². The number of amides is 1. The van der Waals surface area contributed by atoms with Crippen LogP contribution < -0.4 is 5.32 Å². The number of nitrogens with zero attached hydrogens (tertiary/aromatic N) is 2. The highest BCUT2D eigenvalue weighted by molar-refractivity contribution is 7.08. The van der Waals surface area contributed by atoms with Crippen molar-refractivity contribution in [2.24, 2.45) is 0 Å². The maximum atomic E-state index is 11.7. The van der Waals surface area contributed by atoms with Gasteiger partial charge in [-0.25, -0.2) is 4.79 Å². The molecule has 0 spiro atoms. The largest absolute Gasteiger partial charge is 0.479 e. The van der Waals surface area contributed by atoms with Crippen LogP contribution in [0.25, 0.3) is 0 Å². The predicted octanol–water partition coefficient (Wildman–Crippen LogP) is -0.334. The molecule has 17 heavy (non-hydrogen) atoms. The smallest absolute Gasteiger partial charge is 0.337 e. The van der Waals surface area contributed by atoms with E-state index < -0.39 is 17.5 Å². The van der Waals surface area contributed by atoms with E-state index in [-0.39, 0.29) is 6.54 Å². The molecule has 0 aromatic carbocycles. The third-order valence-corrected chi connectivity index (χ3v) is 2.92. The first-order chi connectivity index (χ1) is 7.88. The third kappa shape index (κ3) is 3.21. The van der Waals surface area contributed by atoms with Gasteiger partial charge in [0.2, 0.25) is 0 Å². The van der Waals surface area contributed by atoms with Crippen molar-refractivity contribution in [1.82, 2.24) is 14.9 Å². The van der Waals surface area contributed by atoms with Crippen molar-refractivity contribution in [1.29, 1.82) is 0 Å². The van der Waals surface area contributed by atoms with Crippen LogP contribution in [0.4, 0.5) is 0 Å². The molecule has 0 saturated carbocycles. The average molecular weight is 259 g/mol. The monoisotopic (exact) mass is 259 g/mol. The zero-order valence-corrected chi connectivity index (χ0v) is 10.2. The van der Waals surface area contributed by atoms with Crippen LogP contribution in [0.15, 0.2) is 0 Å². The molecule has 0 aliphatic rings. The van der Waals surface area contributed by atoms with Crippen LogP contribution in [-0.2, 0) is 11.2 Å². The van der Waals surface area contributed by atoms with Crippen LogP contribution in [0.1, 0.15) is 29.2 Å². The van der Waals surface area contributed by atoms with E-state index in [1.165, 1.54) is 0 Å².